The molecule has 2 N–H and O–H groups in total. The average Bonchev–Trinajstić information content (AvgIpc) is 3.38. The SMILES string of the molecule is CCCSCCCNC(=O)c1cc2n(n1)C[C@@](C)(C(=O)NC1CCCC1)N(C)C2=O. The number of amides is 3. The van der Waals surface area contributed by atoms with Crippen LogP contribution in [0.3, 0.4) is 0 Å². The van der Waals surface area contributed by atoms with E-state index in [0.717, 1.165) is 50.0 Å². The minimum atomic E-state index is -1.04. The van der Waals surface area contributed by atoms with E-state index >= 15 is 0 Å². The first kappa shape index (κ1) is 22.7. The standard InChI is InChI=1S/C21H33N5O3S/c1-4-11-30-12-7-10-22-18(27)16-13-17-19(28)25(3)21(2,14-26(17)24-16)20(29)23-15-8-5-6-9-15/h13,15H,4-12,14H2,1-3H3,(H,22,27)(H,23,29)/t21-/m0/s1. The minimum absolute atomic E-state index is 0.165. The van der Waals surface area contributed by atoms with E-state index in [-0.39, 0.29) is 36.0 Å². The molecule has 1 atom stereocenters. The second-order valence-corrected chi connectivity index (χ2v) is 9.61. The highest BCUT2D eigenvalue weighted by Crippen LogP contribution is 2.27. The Morgan fingerprint density at radius 1 is 1.30 bits per heavy atom. The first-order valence-electron chi connectivity index (χ1n) is 10.9. The van der Waals surface area contributed by atoms with Gasteiger partial charge < -0.3 is 15.5 Å². The second-order valence-electron chi connectivity index (χ2n) is 8.39. The summed E-state index contributed by atoms with van der Waals surface area (Å²) in [7, 11) is 1.64. The Balaban J connectivity index is 1.64. The summed E-state index contributed by atoms with van der Waals surface area (Å²) in [5, 5.41) is 10.3. The molecule has 1 aromatic rings. The smallest absolute Gasteiger partial charge is 0.272 e. The van der Waals surface area contributed by atoms with Crippen molar-refractivity contribution in [3.05, 3.63) is 17.5 Å². The third-order valence-electron chi connectivity index (χ3n) is 6.01. The van der Waals surface area contributed by atoms with Gasteiger partial charge in [-0.05, 0) is 44.1 Å². The van der Waals surface area contributed by atoms with Crippen LogP contribution in [0.1, 0.15) is 73.3 Å². The lowest BCUT2D eigenvalue weighted by atomic mass is 9.95. The lowest BCUT2D eigenvalue weighted by Gasteiger charge is -2.41. The molecule has 1 aliphatic heterocycles. The number of thioether (sulfide) groups is 1. The number of hydrogen-bond donors (Lipinski definition) is 2. The number of rotatable bonds is 9. The van der Waals surface area contributed by atoms with Crippen molar-refractivity contribution in [2.24, 2.45) is 0 Å². The highest BCUT2D eigenvalue weighted by molar-refractivity contribution is 7.99. The maximum Gasteiger partial charge on any atom is 0.272 e. The number of carbonyl (C=O) groups excluding carboxylic acids is 3. The molecule has 3 rings (SSSR count). The summed E-state index contributed by atoms with van der Waals surface area (Å²) in [5.74, 6) is 1.38. The summed E-state index contributed by atoms with van der Waals surface area (Å²) < 4.78 is 1.50. The molecule has 0 aromatic carbocycles. The Labute approximate surface area is 182 Å². The number of carbonyl (C=O) groups is 3. The van der Waals surface area contributed by atoms with Gasteiger partial charge in [0.1, 0.15) is 11.2 Å². The molecule has 1 aromatic heterocycles. The van der Waals surface area contributed by atoms with Crippen LogP contribution >= 0.6 is 11.8 Å². The van der Waals surface area contributed by atoms with Gasteiger partial charge in [0, 0.05) is 25.7 Å². The van der Waals surface area contributed by atoms with Gasteiger partial charge in [-0.25, -0.2) is 0 Å². The fraction of sp³-hybridized carbons (Fsp3) is 0.714. The van der Waals surface area contributed by atoms with E-state index in [9.17, 15) is 14.4 Å². The molecule has 0 unspecified atom stereocenters. The number of fused-ring (bicyclic) bond motifs is 1. The molecule has 0 radical (unpaired) electrons. The maximum atomic E-state index is 13.0. The van der Waals surface area contributed by atoms with E-state index in [1.54, 1.807) is 14.0 Å². The Hall–Kier alpha value is -2.03. The van der Waals surface area contributed by atoms with Crippen LogP contribution in [-0.4, -0.2) is 69.1 Å². The normalized spacial score (nSPS) is 21.6. The van der Waals surface area contributed by atoms with Crippen molar-refractivity contribution in [1.29, 1.82) is 0 Å². The predicted molar refractivity (Wildman–Crippen MR) is 118 cm³/mol. The molecule has 2 heterocycles. The first-order chi connectivity index (χ1) is 14.4. The highest BCUT2D eigenvalue weighted by atomic mass is 32.2. The summed E-state index contributed by atoms with van der Waals surface area (Å²) >= 11 is 1.88. The summed E-state index contributed by atoms with van der Waals surface area (Å²) in [4.78, 5) is 39.9. The molecule has 166 valence electrons. The van der Waals surface area contributed by atoms with Crippen molar-refractivity contribution >= 4 is 29.5 Å². The van der Waals surface area contributed by atoms with Crippen molar-refractivity contribution in [2.45, 2.75) is 70.5 Å². The van der Waals surface area contributed by atoms with E-state index < -0.39 is 5.54 Å². The molecule has 30 heavy (non-hydrogen) atoms. The number of hydrogen-bond acceptors (Lipinski definition) is 5. The zero-order valence-corrected chi connectivity index (χ0v) is 19.0. The molecular weight excluding hydrogens is 402 g/mol. The van der Waals surface area contributed by atoms with Crippen LogP contribution < -0.4 is 10.6 Å². The van der Waals surface area contributed by atoms with Gasteiger partial charge in [-0.15, -0.1) is 0 Å². The number of nitrogens with one attached hydrogen (secondary N) is 2. The van der Waals surface area contributed by atoms with Crippen molar-refractivity contribution in [3.8, 4) is 0 Å². The van der Waals surface area contributed by atoms with E-state index in [2.05, 4.69) is 22.7 Å². The molecule has 0 bridgehead atoms. The molecule has 2 aliphatic rings. The van der Waals surface area contributed by atoms with Crippen LogP contribution in [0.4, 0.5) is 0 Å². The summed E-state index contributed by atoms with van der Waals surface area (Å²) in [6.07, 6.45) is 6.24. The van der Waals surface area contributed by atoms with Crippen molar-refractivity contribution < 1.29 is 14.4 Å². The van der Waals surface area contributed by atoms with Crippen molar-refractivity contribution in [3.63, 3.8) is 0 Å². The van der Waals surface area contributed by atoms with E-state index in [0.29, 0.717) is 12.2 Å². The van der Waals surface area contributed by atoms with Crippen LogP contribution in [0, 0.1) is 0 Å². The maximum absolute atomic E-state index is 13.0. The molecule has 0 saturated heterocycles. The van der Waals surface area contributed by atoms with Crippen LogP contribution in [0.5, 0.6) is 0 Å². The first-order valence-corrected chi connectivity index (χ1v) is 12.0. The number of nitrogens with zero attached hydrogens (tertiary/aromatic N) is 3. The Bertz CT molecular complexity index is 790. The molecule has 9 heteroatoms. The summed E-state index contributed by atoms with van der Waals surface area (Å²) in [5.41, 5.74) is -0.483. The molecule has 1 fully saturated rings. The molecule has 8 nitrogen and oxygen atoms in total. The van der Waals surface area contributed by atoms with Gasteiger partial charge >= 0.3 is 0 Å². The fourth-order valence-electron chi connectivity index (χ4n) is 3.96. The van der Waals surface area contributed by atoms with Crippen LogP contribution in [-0.2, 0) is 11.3 Å². The Morgan fingerprint density at radius 2 is 2.03 bits per heavy atom. The summed E-state index contributed by atoms with van der Waals surface area (Å²) in [6, 6.07) is 1.70. The van der Waals surface area contributed by atoms with Crippen molar-refractivity contribution in [1.82, 2.24) is 25.3 Å². The fourth-order valence-corrected chi connectivity index (χ4v) is 4.80. The number of aromatic nitrogens is 2. The van der Waals surface area contributed by atoms with Gasteiger partial charge in [0.2, 0.25) is 5.91 Å². The van der Waals surface area contributed by atoms with Gasteiger partial charge in [0.05, 0.1) is 6.54 Å². The van der Waals surface area contributed by atoms with Gasteiger partial charge in [0.15, 0.2) is 5.69 Å². The minimum Gasteiger partial charge on any atom is -0.351 e. The monoisotopic (exact) mass is 435 g/mol. The quantitative estimate of drug-likeness (QED) is 0.579. The second kappa shape index (κ2) is 9.85. The lowest BCUT2D eigenvalue weighted by Crippen LogP contribution is -2.63. The molecule has 1 saturated carbocycles. The van der Waals surface area contributed by atoms with Crippen LogP contribution in [0.2, 0.25) is 0 Å². The van der Waals surface area contributed by atoms with E-state index in [1.807, 2.05) is 11.8 Å². The molecule has 3 amide bonds. The Morgan fingerprint density at radius 3 is 2.73 bits per heavy atom. The van der Waals surface area contributed by atoms with E-state index in [4.69, 9.17) is 0 Å². The van der Waals surface area contributed by atoms with Gasteiger partial charge in [0.25, 0.3) is 11.8 Å². The van der Waals surface area contributed by atoms with E-state index in [1.165, 1.54) is 15.6 Å². The largest absolute Gasteiger partial charge is 0.351 e. The lowest BCUT2D eigenvalue weighted by molar-refractivity contribution is -0.133. The number of likely N-dealkylation sites (N-methyl/N-ethyl adjacent to an activating group) is 1. The zero-order valence-electron chi connectivity index (χ0n) is 18.2. The van der Waals surface area contributed by atoms with Crippen LogP contribution in [0.25, 0.3) is 0 Å². The van der Waals surface area contributed by atoms with Gasteiger partial charge in [-0.3, -0.25) is 19.1 Å². The van der Waals surface area contributed by atoms with Gasteiger partial charge in [-0.1, -0.05) is 19.8 Å². The van der Waals surface area contributed by atoms with Crippen LogP contribution in [0.15, 0.2) is 6.07 Å². The highest BCUT2D eigenvalue weighted by Gasteiger charge is 2.46. The van der Waals surface area contributed by atoms with Gasteiger partial charge in [-0.2, -0.15) is 16.9 Å². The topological polar surface area (TPSA) is 96.3 Å². The summed E-state index contributed by atoms with van der Waals surface area (Å²) in [6.45, 7) is 4.71. The predicted octanol–water partition coefficient (Wildman–Crippen LogP) is 2.05. The zero-order chi connectivity index (χ0) is 21.7. The Kier molecular flexibility index (Phi) is 7.44. The van der Waals surface area contributed by atoms with Crippen molar-refractivity contribution in [2.75, 3.05) is 25.1 Å². The average molecular weight is 436 g/mol. The molecule has 1 aliphatic carbocycles. The molecule has 0 spiro atoms. The molecular formula is C21H33N5O3S. The third kappa shape index (κ3) is 4.82. The third-order valence-corrected chi connectivity index (χ3v) is 7.29.